The minimum absolute atomic E-state index is 0.0237. The molecule has 1 atom stereocenters. The van der Waals surface area contributed by atoms with Crippen molar-refractivity contribution in [2.24, 2.45) is 0 Å². The van der Waals surface area contributed by atoms with Gasteiger partial charge in [0.1, 0.15) is 6.35 Å². The maximum Gasteiger partial charge on any atom is 0.353 e. The molecule has 3 aromatic rings. The van der Waals surface area contributed by atoms with Gasteiger partial charge in [-0.3, -0.25) is 14.3 Å². The molecule has 3 rings (SSSR count). The highest BCUT2D eigenvalue weighted by molar-refractivity contribution is 7.52. The Hall–Kier alpha value is -2.23. The predicted octanol–water partition coefficient (Wildman–Crippen LogP) is 1.73. The number of rotatable bonds is 8. The van der Waals surface area contributed by atoms with Gasteiger partial charge < -0.3 is 24.5 Å². The van der Waals surface area contributed by atoms with E-state index in [1.807, 2.05) is 0 Å². The summed E-state index contributed by atoms with van der Waals surface area (Å²) in [4.78, 5) is 31.9. The lowest BCUT2D eigenvalue weighted by molar-refractivity contribution is 0.136. The van der Waals surface area contributed by atoms with Crippen LogP contribution < -0.4 is 11.3 Å². The Morgan fingerprint density at radius 1 is 1.41 bits per heavy atom. The zero-order chi connectivity index (χ0) is 19.4. The normalized spacial score (nSPS) is 13.7. The van der Waals surface area contributed by atoms with Crippen molar-refractivity contribution in [1.29, 1.82) is 0 Å². The van der Waals surface area contributed by atoms with Crippen LogP contribution in [0.15, 0.2) is 35.4 Å². The molecule has 0 saturated heterocycles. The Balaban J connectivity index is 1.51. The van der Waals surface area contributed by atoms with E-state index in [1.54, 1.807) is 28.8 Å². The summed E-state index contributed by atoms with van der Waals surface area (Å²) < 4.78 is 23.9. The summed E-state index contributed by atoms with van der Waals surface area (Å²) in [5, 5.41) is 0.515. The molecule has 0 saturated carbocycles. The number of H-pyrrole nitrogens is 1. The third kappa shape index (κ3) is 5.15. The van der Waals surface area contributed by atoms with Crippen LogP contribution in [-0.2, 0) is 27.0 Å². The Bertz CT molecular complexity index is 1050. The molecule has 0 bridgehead atoms. The first-order chi connectivity index (χ1) is 12.8. The lowest BCUT2D eigenvalue weighted by Gasteiger charge is -2.13. The first-order valence-corrected chi connectivity index (χ1v) is 9.97. The van der Waals surface area contributed by atoms with Gasteiger partial charge in [-0.05, 0) is 17.7 Å². The number of hydrogen-bond acceptors (Lipinski definition) is 7. The highest BCUT2D eigenvalue weighted by Crippen LogP contribution is 2.42. The number of fused-ring (bicyclic) bond motifs is 1. The van der Waals surface area contributed by atoms with Crippen molar-refractivity contribution in [3.63, 3.8) is 0 Å². The van der Waals surface area contributed by atoms with Gasteiger partial charge in [0, 0.05) is 11.6 Å². The first-order valence-electron chi connectivity index (χ1n) is 7.83. The van der Waals surface area contributed by atoms with Gasteiger partial charge in [-0.2, -0.15) is 4.98 Å². The van der Waals surface area contributed by atoms with Crippen molar-refractivity contribution in [2.75, 3.05) is 18.7 Å². The van der Waals surface area contributed by atoms with Crippen LogP contribution in [0.25, 0.3) is 11.2 Å². The average Bonchev–Trinajstić information content (AvgIpc) is 3.00. The van der Waals surface area contributed by atoms with Gasteiger partial charge in [-0.15, -0.1) is 0 Å². The van der Waals surface area contributed by atoms with Gasteiger partial charge in [0.15, 0.2) is 11.2 Å². The molecule has 0 aliphatic heterocycles. The third-order valence-electron chi connectivity index (χ3n) is 3.55. The van der Waals surface area contributed by atoms with Crippen molar-refractivity contribution >= 4 is 36.3 Å². The molecule has 0 fully saturated rings. The van der Waals surface area contributed by atoms with Crippen LogP contribution >= 0.6 is 19.2 Å². The lowest BCUT2D eigenvalue weighted by atomic mass is 10.2. The monoisotopic (exact) mass is 413 g/mol. The van der Waals surface area contributed by atoms with E-state index in [0.717, 1.165) is 0 Å². The maximum absolute atomic E-state index is 12.0. The Labute approximate surface area is 158 Å². The Morgan fingerprint density at radius 2 is 2.22 bits per heavy atom. The summed E-state index contributed by atoms with van der Waals surface area (Å²) in [5.41, 5.74) is 6.22. The molecule has 2 aromatic heterocycles. The molecule has 4 N–H and O–H groups in total. The van der Waals surface area contributed by atoms with E-state index >= 15 is 0 Å². The summed E-state index contributed by atoms with van der Waals surface area (Å²) in [6, 6.07) is 6.80. The van der Waals surface area contributed by atoms with Crippen molar-refractivity contribution in [3.8, 4) is 0 Å². The van der Waals surface area contributed by atoms with Crippen LogP contribution in [0.2, 0.25) is 5.02 Å². The minimum atomic E-state index is -3.92. The molecule has 27 heavy (non-hydrogen) atoms. The van der Waals surface area contributed by atoms with Crippen LogP contribution in [0.5, 0.6) is 0 Å². The molecule has 0 aliphatic rings. The largest absolute Gasteiger partial charge is 0.369 e. The van der Waals surface area contributed by atoms with E-state index in [4.69, 9.17) is 26.6 Å². The van der Waals surface area contributed by atoms with Crippen molar-refractivity contribution < 1.29 is 18.7 Å². The smallest absolute Gasteiger partial charge is 0.353 e. The highest BCUT2D eigenvalue weighted by atomic mass is 35.5. The number of nitrogens with two attached hydrogens (primary N) is 1. The zero-order valence-corrected chi connectivity index (χ0v) is 15.7. The molecule has 0 amide bonds. The molecule has 10 nitrogen and oxygen atoms in total. The van der Waals surface area contributed by atoms with E-state index in [-0.39, 0.29) is 31.2 Å². The van der Waals surface area contributed by atoms with E-state index in [2.05, 4.69) is 15.0 Å². The Kier molecular flexibility index (Phi) is 5.93. The van der Waals surface area contributed by atoms with Gasteiger partial charge in [0.2, 0.25) is 5.95 Å². The van der Waals surface area contributed by atoms with Crippen LogP contribution in [0.4, 0.5) is 5.95 Å². The zero-order valence-electron chi connectivity index (χ0n) is 14.0. The van der Waals surface area contributed by atoms with E-state index < -0.39 is 19.5 Å². The van der Waals surface area contributed by atoms with E-state index in [1.165, 1.54) is 6.33 Å². The standard InChI is InChI=1S/C15H17ClN5O5P/c16-11-3-1-2-10(6-11)7-26-27(23,24)9-25-5-4-21-8-18-12-13(21)19-15(17)20-14(12)22/h1-3,6,8H,4-5,7,9H2,(H,23,24)(H3,17,19,20,22). The van der Waals surface area contributed by atoms with Crippen molar-refractivity contribution in [3.05, 3.63) is 51.5 Å². The van der Waals surface area contributed by atoms with Crippen LogP contribution in [0.3, 0.4) is 0 Å². The second kappa shape index (κ2) is 8.20. The van der Waals surface area contributed by atoms with Gasteiger partial charge in [-0.25, -0.2) is 4.98 Å². The second-order valence-electron chi connectivity index (χ2n) is 5.64. The van der Waals surface area contributed by atoms with Crippen molar-refractivity contribution in [2.45, 2.75) is 13.2 Å². The summed E-state index contributed by atoms with van der Waals surface area (Å²) in [5.74, 6) is -0.0237. The fourth-order valence-electron chi connectivity index (χ4n) is 2.32. The SMILES string of the molecule is Nc1nc2c(ncn2CCOCP(=O)(O)OCc2cccc(Cl)c2)c(=O)[nH]1. The number of hydrogen-bond donors (Lipinski definition) is 3. The van der Waals surface area contributed by atoms with E-state index in [9.17, 15) is 14.3 Å². The van der Waals surface area contributed by atoms with Gasteiger partial charge in [0.25, 0.3) is 5.56 Å². The number of aromatic nitrogens is 4. The number of nitrogen functional groups attached to an aromatic ring is 1. The van der Waals surface area contributed by atoms with Gasteiger partial charge >= 0.3 is 7.60 Å². The number of halogens is 1. The van der Waals surface area contributed by atoms with Crippen LogP contribution in [0.1, 0.15) is 5.56 Å². The van der Waals surface area contributed by atoms with Crippen LogP contribution in [-0.4, -0.2) is 37.4 Å². The number of nitrogens with zero attached hydrogens (tertiary/aromatic N) is 3. The highest BCUT2D eigenvalue weighted by Gasteiger charge is 2.20. The molecule has 1 unspecified atom stereocenters. The van der Waals surface area contributed by atoms with Gasteiger partial charge in [-0.1, -0.05) is 23.7 Å². The average molecular weight is 414 g/mol. The molecule has 1 aromatic carbocycles. The summed E-state index contributed by atoms with van der Waals surface area (Å²) in [7, 11) is -3.92. The molecule has 0 spiro atoms. The van der Waals surface area contributed by atoms with Gasteiger partial charge in [0.05, 0.1) is 19.5 Å². The molecule has 0 aliphatic carbocycles. The van der Waals surface area contributed by atoms with E-state index in [0.29, 0.717) is 16.2 Å². The molecule has 12 heteroatoms. The second-order valence-corrected chi connectivity index (χ2v) is 7.87. The fraction of sp³-hybridized carbons (Fsp3) is 0.267. The fourth-order valence-corrected chi connectivity index (χ4v) is 3.31. The maximum atomic E-state index is 12.0. The number of nitrogens with one attached hydrogen (secondary N) is 1. The topological polar surface area (TPSA) is 145 Å². The predicted molar refractivity (Wildman–Crippen MR) is 99.4 cm³/mol. The molecular weight excluding hydrogens is 397 g/mol. The quantitative estimate of drug-likeness (QED) is 0.374. The van der Waals surface area contributed by atoms with Crippen LogP contribution in [0, 0.1) is 0 Å². The Morgan fingerprint density at radius 3 is 3.00 bits per heavy atom. The molecular formula is C15H17ClN5O5P. The lowest BCUT2D eigenvalue weighted by Crippen LogP contribution is -2.13. The number of benzene rings is 1. The van der Waals surface area contributed by atoms with Crippen molar-refractivity contribution in [1.82, 2.24) is 19.5 Å². The molecule has 144 valence electrons. The summed E-state index contributed by atoms with van der Waals surface area (Å²) in [6.45, 7) is 0.293. The minimum Gasteiger partial charge on any atom is -0.369 e. The first kappa shape index (κ1) is 19.5. The summed E-state index contributed by atoms with van der Waals surface area (Å²) in [6.07, 6.45) is 0.945. The number of aromatic amines is 1. The molecule has 2 heterocycles. The number of ether oxygens (including phenoxy) is 1. The summed E-state index contributed by atoms with van der Waals surface area (Å²) >= 11 is 5.85. The third-order valence-corrected chi connectivity index (χ3v) is 4.82. The number of imidazole rings is 1. The number of anilines is 1. The molecule has 0 radical (unpaired) electrons.